The van der Waals surface area contributed by atoms with Gasteiger partial charge in [-0.25, -0.2) is 4.79 Å². The van der Waals surface area contributed by atoms with E-state index in [2.05, 4.69) is 30.8 Å². The number of hydrogen-bond acceptors (Lipinski definition) is 6. The van der Waals surface area contributed by atoms with Crippen LogP contribution in [0.15, 0.2) is 24.4 Å². The molecule has 2 aromatic rings. The Balaban J connectivity index is 1.33. The maximum absolute atomic E-state index is 12.7. The maximum Gasteiger partial charge on any atom is 0.325 e. The molecule has 0 aromatic carbocycles. The Labute approximate surface area is 161 Å². The zero-order valence-electron chi connectivity index (χ0n) is 15.3. The van der Waals surface area contributed by atoms with Gasteiger partial charge in [0.25, 0.3) is 5.91 Å². The van der Waals surface area contributed by atoms with Crippen molar-refractivity contribution in [1.29, 1.82) is 0 Å². The summed E-state index contributed by atoms with van der Waals surface area (Å²) in [7, 11) is 0. The first-order chi connectivity index (χ1) is 13.6. The summed E-state index contributed by atoms with van der Waals surface area (Å²) in [5.41, 5.74) is -0.166. The molecule has 0 unspecified atom stereocenters. The summed E-state index contributed by atoms with van der Waals surface area (Å²) in [5, 5.41) is 12.1. The highest BCUT2D eigenvalue weighted by molar-refractivity contribution is 6.07. The smallest absolute Gasteiger partial charge is 0.323 e. The number of pyridine rings is 1. The largest absolute Gasteiger partial charge is 0.325 e. The summed E-state index contributed by atoms with van der Waals surface area (Å²) in [4.78, 5) is 46.6. The number of amides is 4. The minimum Gasteiger partial charge on any atom is -0.323 e. The summed E-state index contributed by atoms with van der Waals surface area (Å²) >= 11 is 0. The van der Waals surface area contributed by atoms with Crippen molar-refractivity contribution in [3.8, 4) is 11.5 Å². The second kappa shape index (κ2) is 7.37. The van der Waals surface area contributed by atoms with Crippen molar-refractivity contribution in [2.45, 2.75) is 44.1 Å². The summed E-state index contributed by atoms with van der Waals surface area (Å²) in [6, 6.07) is 4.95. The van der Waals surface area contributed by atoms with Gasteiger partial charge in [-0.3, -0.25) is 29.9 Å². The predicted octanol–water partition coefficient (Wildman–Crippen LogP) is 1.45. The number of imide groups is 1. The number of hydrogen-bond donors (Lipinski definition) is 3. The maximum atomic E-state index is 12.7. The third kappa shape index (κ3) is 3.45. The van der Waals surface area contributed by atoms with Gasteiger partial charge in [-0.1, -0.05) is 25.3 Å². The molecule has 0 atom stereocenters. The first kappa shape index (κ1) is 18.1. The Hall–Kier alpha value is -3.30. The minimum atomic E-state index is -0.771. The second-order valence-electron chi connectivity index (χ2n) is 7.05. The monoisotopic (exact) mass is 383 g/mol. The van der Waals surface area contributed by atoms with E-state index < -0.39 is 11.6 Å². The molecular weight excluding hydrogens is 362 g/mol. The molecule has 146 valence electrons. The molecule has 0 bridgehead atoms. The van der Waals surface area contributed by atoms with Gasteiger partial charge in [0.1, 0.15) is 11.2 Å². The Bertz CT molecular complexity index is 890. The van der Waals surface area contributed by atoms with Crippen LogP contribution in [0.5, 0.6) is 0 Å². The molecule has 1 saturated carbocycles. The van der Waals surface area contributed by atoms with Crippen molar-refractivity contribution < 1.29 is 14.4 Å². The first-order valence-electron chi connectivity index (χ1n) is 9.35. The van der Waals surface area contributed by atoms with Crippen LogP contribution in [-0.2, 0) is 9.59 Å². The minimum absolute atomic E-state index is 0.0236. The topological polar surface area (TPSA) is 133 Å². The van der Waals surface area contributed by atoms with Crippen LogP contribution in [0.2, 0.25) is 0 Å². The van der Waals surface area contributed by atoms with E-state index >= 15 is 0 Å². The number of carbonyl (C=O) groups excluding carboxylic acids is 3. The fourth-order valence-corrected chi connectivity index (χ4v) is 3.71. The molecule has 10 heteroatoms. The molecule has 4 amide bonds. The van der Waals surface area contributed by atoms with Gasteiger partial charge in [0.05, 0.1) is 0 Å². The molecular formula is C18H21N7O3. The molecule has 1 spiro atoms. The number of nitrogens with one attached hydrogen (secondary N) is 3. The van der Waals surface area contributed by atoms with Crippen molar-refractivity contribution in [3.05, 3.63) is 24.4 Å². The Morgan fingerprint density at radius 1 is 1.21 bits per heavy atom. The SMILES string of the molecule is O=C(CCN1C(=O)NC2(CCCCC2)C1=O)Nc1n[nH]c(-c2ccccn2)n1. The number of H-pyrrole nitrogens is 1. The third-order valence-corrected chi connectivity index (χ3v) is 5.16. The first-order valence-corrected chi connectivity index (χ1v) is 9.35. The Morgan fingerprint density at radius 2 is 2.04 bits per heavy atom. The van der Waals surface area contributed by atoms with Crippen molar-refractivity contribution in [2.24, 2.45) is 0 Å². The molecule has 1 aliphatic heterocycles. The molecule has 1 aliphatic carbocycles. The van der Waals surface area contributed by atoms with Gasteiger partial charge in [-0.15, -0.1) is 5.10 Å². The summed E-state index contributed by atoms with van der Waals surface area (Å²) in [6.45, 7) is 0.0236. The number of anilines is 1. The molecule has 2 fully saturated rings. The van der Waals surface area contributed by atoms with Crippen LogP contribution in [0, 0.1) is 0 Å². The second-order valence-corrected chi connectivity index (χ2v) is 7.05. The number of urea groups is 1. The molecule has 2 aliphatic rings. The zero-order valence-corrected chi connectivity index (χ0v) is 15.3. The molecule has 0 radical (unpaired) electrons. The van der Waals surface area contributed by atoms with E-state index in [-0.39, 0.29) is 30.7 Å². The average Bonchev–Trinajstić information content (AvgIpc) is 3.25. The van der Waals surface area contributed by atoms with Crippen molar-refractivity contribution in [2.75, 3.05) is 11.9 Å². The summed E-state index contributed by atoms with van der Waals surface area (Å²) < 4.78 is 0. The van der Waals surface area contributed by atoms with Gasteiger partial charge < -0.3 is 5.32 Å². The zero-order chi connectivity index (χ0) is 19.6. The molecule has 2 aromatic heterocycles. The van der Waals surface area contributed by atoms with Crippen molar-refractivity contribution >= 4 is 23.8 Å². The summed E-state index contributed by atoms with van der Waals surface area (Å²) in [5.74, 6) is -0.0482. The van der Waals surface area contributed by atoms with E-state index in [1.54, 1.807) is 18.3 Å². The van der Waals surface area contributed by atoms with Crippen molar-refractivity contribution in [1.82, 2.24) is 30.4 Å². The van der Waals surface area contributed by atoms with Crippen LogP contribution >= 0.6 is 0 Å². The highest BCUT2D eigenvalue weighted by Crippen LogP contribution is 2.33. The van der Waals surface area contributed by atoms with Crippen LogP contribution in [0.25, 0.3) is 11.5 Å². The van der Waals surface area contributed by atoms with E-state index in [1.807, 2.05) is 6.07 Å². The molecule has 10 nitrogen and oxygen atoms in total. The molecule has 1 saturated heterocycles. The standard InChI is InChI=1S/C18H21N7O3/c26-13(20-16-21-14(23-24-16)12-6-2-5-10-19-12)7-11-25-15(27)18(22-17(25)28)8-3-1-4-9-18/h2,5-6,10H,1,3-4,7-9,11H2,(H,22,28)(H2,20,21,23,24,26). The van der Waals surface area contributed by atoms with E-state index in [9.17, 15) is 14.4 Å². The molecule has 3 N–H and O–H groups in total. The number of nitrogens with zero attached hydrogens (tertiary/aromatic N) is 4. The lowest BCUT2D eigenvalue weighted by Gasteiger charge is -2.30. The van der Waals surface area contributed by atoms with Gasteiger partial charge in [0, 0.05) is 19.2 Å². The van der Waals surface area contributed by atoms with Crippen LogP contribution in [0.1, 0.15) is 38.5 Å². The average molecular weight is 383 g/mol. The van der Waals surface area contributed by atoms with E-state index in [0.717, 1.165) is 24.2 Å². The third-order valence-electron chi connectivity index (χ3n) is 5.16. The van der Waals surface area contributed by atoms with Gasteiger partial charge in [0.15, 0.2) is 5.82 Å². The predicted molar refractivity (Wildman–Crippen MR) is 98.9 cm³/mol. The van der Waals surface area contributed by atoms with E-state index in [4.69, 9.17) is 0 Å². The van der Waals surface area contributed by atoms with Crippen LogP contribution in [0.3, 0.4) is 0 Å². The normalized spacial score (nSPS) is 18.4. The van der Waals surface area contributed by atoms with E-state index in [1.165, 1.54) is 0 Å². The number of rotatable bonds is 5. The van der Waals surface area contributed by atoms with Crippen LogP contribution in [0.4, 0.5) is 10.7 Å². The van der Waals surface area contributed by atoms with Gasteiger partial charge in [-0.2, -0.15) is 4.98 Å². The van der Waals surface area contributed by atoms with Gasteiger partial charge in [0.2, 0.25) is 11.9 Å². The molecule has 3 heterocycles. The van der Waals surface area contributed by atoms with Gasteiger partial charge in [-0.05, 0) is 25.0 Å². The quantitative estimate of drug-likeness (QED) is 0.669. The number of aromatic nitrogens is 4. The lowest BCUT2D eigenvalue weighted by Crippen LogP contribution is -2.48. The Kier molecular flexibility index (Phi) is 4.76. The Morgan fingerprint density at radius 3 is 2.79 bits per heavy atom. The lowest BCUT2D eigenvalue weighted by molar-refractivity contribution is -0.132. The van der Waals surface area contributed by atoms with Crippen LogP contribution in [-0.4, -0.2) is 55.0 Å². The number of aromatic amines is 1. The highest BCUT2D eigenvalue weighted by Gasteiger charge is 2.51. The fraction of sp³-hybridized carbons (Fsp3) is 0.444. The number of carbonyl (C=O) groups is 3. The fourth-order valence-electron chi connectivity index (χ4n) is 3.71. The van der Waals surface area contributed by atoms with Crippen LogP contribution < -0.4 is 10.6 Å². The summed E-state index contributed by atoms with van der Waals surface area (Å²) in [6.07, 6.45) is 5.84. The highest BCUT2D eigenvalue weighted by atomic mass is 16.2. The van der Waals surface area contributed by atoms with Gasteiger partial charge >= 0.3 is 6.03 Å². The van der Waals surface area contributed by atoms with Crippen molar-refractivity contribution in [3.63, 3.8) is 0 Å². The van der Waals surface area contributed by atoms with E-state index in [0.29, 0.717) is 24.4 Å². The molecule has 4 rings (SSSR count). The lowest BCUT2D eigenvalue weighted by atomic mass is 9.82. The molecule has 28 heavy (non-hydrogen) atoms.